The average Bonchev–Trinajstić information content (AvgIpc) is 3.24. The molecule has 0 N–H and O–H groups in total. The summed E-state index contributed by atoms with van der Waals surface area (Å²) >= 11 is 3.47. The Balaban J connectivity index is 1.42. The maximum absolute atomic E-state index is 12.7. The number of carbonyl (C=O) groups excluding carboxylic acids is 1. The van der Waals surface area contributed by atoms with E-state index in [4.69, 9.17) is 0 Å². The molecule has 2 aliphatic heterocycles. The molecular weight excluding hydrogens is 302 g/mol. The lowest BCUT2D eigenvalue weighted by atomic mass is 10.0. The number of thiophene rings is 1. The average molecular weight is 319 g/mol. The molecule has 1 unspecified atom stereocenters. The van der Waals surface area contributed by atoms with E-state index >= 15 is 0 Å². The van der Waals surface area contributed by atoms with Crippen LogP contribution in [0.5, 0.6) is 0 Å². The number of aromatic nitrogens is 1. The van der Waals surface area contributed by atoms with Crippen LogP contribution in [-0.4, -0.2) is 35.4 Å². The second kappa shape index (κ2) is 5.42. The minimum Gasteiger partial charge on any atom is -0.347 e. The van der Waals surface area contributed by atoms with Crippen molar-refractivity contribution in [3.05, 3.63) is 33.5 Å². The zero-order valence-corrected chi connectivity index (χ0v) is 13.3. The maximum Gasteiger partial charge on any atom is 0.227 e. The van der Waals surface area contributed by atoms with Gasteiger partial charge in [-0.3, -0.25) is 4.79 Å². The predicted octanol–water partition coefficient (Wildman–Crippen LogP) is 2.62. The summed E-state index contributed by atoms with van der Waals surface area (Å²) in [6.45, 7) is 3.44. The van der Waals surface area contributed by atoms with E-state index in [-0.39, 0.29) is 5.92 Å². The molecule has 0 saturated carbocycles. The van der Waals surface area contributed by atoms with Gasteiger partial charge in [0.15, 0.2) is 5.13 Å². The van der Waals surface area contributed by atoms with Gasteiger partial charge in [-0.15, -0.1) is 22.7 Å². The summed E-state index contributed by atoms with van der Waals surface area (Å²) in [4.78, 5) is 22.8. The first kappa shape index (κ1) is 13.3. The summed E-state index contributed by atoms with van der Waals surface area (Å²) in [5, 5.41) is 5.18. The van der Waals surface area contributed by atoms with Crippen LogP contribution in [0.1, 0.15) is 16.9 Å². The highest BCUT2D eigenvalue weighted by Crippen LogP contribution is 2.29. The standard InChI is InChI=1S/C15H17N3OS2/c19-14(17-6-2-13-11(9-17)3-7-20-13)12-1-5-18(10-12)15-16-4-8-21-15/h3-4,7-8,12H,1-2,5-6,9-10H2. The quantitative estimate of drug-likeness (QED) is 0.854. The highest BCUT2D eigenvalue weighted by atomic mass is 32.1. The van der Waals surface area contributed by atoms with Crippen LogP contribution in [0.25, 0.3) is 0 Å². The van der Waals surface area contributed by atoms with Crippen molar-refractivity contribution in [1.29, 1.82) is 0 Å². The fourth-order valence-corrected chi connectivity index (χ4v) is 4.77. The molecule has 2 aliphatic rings. The number of fused-ring (bicyclic) bond motifs is 1. The van der Waals surface area contributed by atoms with E-state index < -0.39 is 0 Å². The summed E-state index contributed by atoms with van der Waals surface area (Å²) in [7, 11) is 0. The number of anilines is 1. The maximum atomic E-state index is 12.7. The number of amides is 1. The van der Waals surface area contributed by atoms with Crippen molar-refractivity contribution in [2.75, 3.05) is 24.5 Å². The Bertz CT molecular complexity index is 637. The Labute approximate surface area is 132 Å². The normalized spacial score (nSPS) is 21.6. The summed E-state index contributed by atoms with van der Waals surface area (Å²) in [6, 6.07) is 2.16. The van der Waals surface area contributed by atoms with Gasteiger partial charge in [0.1, 0.15) is 0 Å². The molecular formula is C15H17N3OS2. The number of hydrogen-bond donors (Lipinski definition) is 0. The van der Waals surface area contributed by atoms with Crippen molar-refractivity contribution in [3.8, 4) is 0 Å². The molecule has 0 aromatic carbocycles. The third-order valence-electron chi connectivity index (χ3n) is 4.35. The number of nitrogens with zero attached hydrogens (tertiary/aromatic N) is 3. The molecule has 2 aromatic rings. The van der Waals surface area contributed by atoms with Crippen molar-refractivity contribution in [3.63, 3.8) is 0 Å². The van der Waals surface area contributed by atoms with Gasteiger partial charge in [0, 0.05) is 42.6 Å². The van der Waals surface area contributed by atoms with Crippen LogP contribution < -0.4 is 4.90 Å². The fourth-order valence-electron chi connectivity index (χ4n) is 3.20. The lowest BCUT2D eigenvalue weighted by Crippen LogP contribution is -2.40. The number of carbonyl (C=O) groups is 1. The number of hydrogen-bond acceptors (Lipinski definition) is 5. The molecule has 2 aromatic heterocycles. The molecule has 6 heteroatoms. The second-order valence-corrected chi connectivity index (χ2v) is 7.50. The van der Waals surface area contributed by atoms with E-state index in [1.807, 2.05) is 27.8 Å². The van der Waals surface area contributed by atoms with Gasteiger partial charge in [0.2, 0.25) is 5.91 Å². The van der Waals surface area contributed by atoms with Crippen LogP contribution in [0.15, 0.2) is 23.0 Å². The molecule has 21 heavy (non-hydrogen) atoms. The fraction of sp³-hybridized carbons (Fsp3) is 0.467. The summed E-state index contributed by atoms with van der Waals surface area (Å²) < 4.78 is 0. The van der Waals surface area contributed by atoms with E-state index in [1.54, 1.807) is 11.3 Å². The molecule has 1 atom stereocenters. The van der Waals surface area contributed by atoms with Crippen LogP contribution >= 0.6 is 22.7 Å². The first-order valence-corrected chi connectivity index (χ1v) is 9.05. The SMILES string of the molecule is O=C(C1CCN(c2nccs2)C1)N1CCc2sccc2C1. The molecule has 0 bridgehead atoms. The van der Waals surface area contributed by atoms with Crippen molar-refractivity contribution >= 4 is 33.7 Å². The van der Waals surface area contributed by atoms with Crippen molar-refractivity contribution in [2.45, 2.75) is 19.4 Å². The Morgan fingerprint density at radius 2 is 2.24 bits per heavy atom. The van der Waals surface area contributed by atoms with Crippen molar-refractivity contribution in [2.24, 2.45) is 5.92 Å². The molecule has 1 fully saturated rings. The minimum atomic E-state index is 0.133. The molecule has 4 heterocycles. The topological polar surface area (TPSA) is 36.4 Å². The third-order valence-corrected chi connectivity index (χ3v) is 6.20. The first-order chi connectivity index (χ1) is 10.3. The highest BCUT2D eigenvalue weighted by molar-refractivity contribution is 7.13. The van der Waals surface area contributed by atoms with Gasteiger partial charge in [0.25, 0.3) is 0 Å². The molecule has 4 nitrogen and oxygen atoms in total. The lowest BCUT2D eigenvalue weighted by Gasteiger charge is -2.29. The molecule has 0 radical (unpaired) electrons. The van der Waals surface area contributed by atoms with Crippen LogP contribution in [-0.2, 0) is 17.8 Å². The Morgan fingerprint density at radius 3 is 3.10 bits per heavy atom. The Morgan fingerprint density at radius 1 is 1.29 bits per heavy atom. The zero-order chi connectivity index (χ0) is 14.2. The minimum absolute atomic E-state index is 0.133. The van der Waals surface area contributed by atoms with Crippen LogP contribution in [0, 0.1) is 5.92 Å². The van der Waals surface area contributed by atoms with E-state index in [9.17, 15) is 4.79 Å². The molecule has 4 rings (SSSR count). The molecule has 1 saturated heterocycles. The van der Waals surface area contributed by atoms with Crippen LogP contribution in [0.2, 0.25) is 0 Å². The predicted molar refractivity (Wildman–Crippen MR) is 85.9 cm³/mol. The van der Waals surface area contributed by atoms with E-state index in [0.717, 1.165) is 44.2 Å². The van der Waals surface area contributed by atoms with Gasteiger partial charge < -0.3 is 9.80 Å². The molecule has 0 spiro atoms. The van der Waals surface area contributed by atoms with Gasteiger partial charge in [-0.05, 0) is 29.9 Å². The molecule has 110 valence electrons. The number of thiazole rings is 1. The van der Waals surface area contributed by atoms with Gasteiger partial charge in [0.05, 0.1) is 5.92 Å². The second-order valence-electron chi connectivity index (χ2n) is 5.63. The van der Waals surface area contributed by atoms with E-state index in [1.165, 1.54) is 10.4 Å². The van der Waals surface area contributed by atoms with Crippen molar-refractivity contribution < 1.29 is 4.79 Å². The summed E-state index contributed by atoms with van der Waals surface area (Å²) in [6.07, 6.45) is 3.80. The van der Waals surface area contributed by atoms with Crippen LogP contribution in [0.3, 0.4) is 0 Å². The monoisotopic (exact) mass is 319 g/mol. The molecule has 1 amide bonds. The third kappa shape index (κ3) is 2.46. The van der Waals surface area contributed by atoms with E-state index in [2.05, 4.69) is 21.3 Å². The smallest absolute Gasteiger partial charge is 0.227 e. The summed E-state index contributed by atoms with van der Waals surface area (Å²) in [5.74, 6) is 0.458. The van der Waals surface area contributed by atoms with Gasteiger partial charge >= 0.3 is 0 Å². The van der Waals surface area contributed by atoms with Gasteiger partial charge in [-0.25, -0.2) is 4.98 Å². The highest BCUT2D eigenvalue weighted by Gasteiger charge is 2.33. The lowest BCUT2D eigenvalue weighted by molar-refractivity contribution is -0.135. The summed E-state index contributed by atoms with van der Waals surface area (Å²) in [5.41, 5.74) is 1.34. The van der Waals surface area contributed by atoms with Gasteiger partial charge in [-0.2, -0.15) is 0 Å². The van der Waals surface area contributed by atoms with Crippen molar-refractivity contribution in [1.82, 2.24) is 9.88 Å². The molecule has 0 aliphatic carbocycles. The number of rotatable bonds is 2. The zero-order valence-electron chi connectivity index (χ0n) is 11.7. The largest absolute Gasteiger partial charge is 0.347 e. The van der Waals surface area contributed by atoms with E-state index in [0.29, 0.717) is 5.91 Å². The Kier molecular flexibility index (Phi) is 3.43. The van der Waals surface area contributed by atoms with Crippen LogP contribution in [0.4, 0.5) is 5.13 Å². The first-order valence-electron chi connectivity index (χ1n) is 7.30. The van der Waals surface area contributed by atoms with Gasteiger partial charge in [-0.1, -0.05) is 0 Å². The Hall–Kier alpha value is -1.40.